The third-order valence-corrected chi connectivity index (χ3v) is 4.95. The number of benzene rings is 1. The summed E-state index contributed by atoms with van der Waals surface area (Å²) in [6, 6.07) is 11.0. The van der Waals surface area contributed by atoms with Crippen molar-refractivity contribution in [2.75, 3.05) is 14.2 Å². The fourth-order valence-electron chi connectivity index (χ4n) is 2.64. The van der Waals surface area contributed by atoms with Crippen LogP contribution in [0.2, 0.25) is 0 Å². The van der Waals surface area contributed by atoms with E-state index in [1.54, 1.807) is 50.2 Å². The van der Waals surface area contributed by atoms with Gasteiger partial charge in [0.15, 0.2) is 17.4 Å². The lowest BCUT2D eigenvalue weighted by atomic mass is 10.0. The molecule has 0 radical (unpaired) electrons. The number of methoxy groups -OCH3 is 2. The molecule has 26 heavy (non-hydrogen) atoms. The van der Waals surface area contributed by atoms with Gasteiger partial charge < -0.3 is 14.0 Å². The van der Waals surface area contributed by atoms with E-state index in [-0.39, 0.29) is 5.78 Å². The van der Waals surface area contributed by atoms with Gasteiger partial charge in [-0.3, -0.25) is 4.79 Å². The van der Waals surface area contributed by atoms with Crippen molar-refractivity contribution in [3.05, 3.63) is 52.6 Å². The summed E-state index contributed by atoms with van der Waals surface area (Å²) in [6.45, 7) is 0. The molecule has 2 aromatic heterocycles. The number of rotatable bonds is 6. The van der Waals surface area contributed by atoms with Crippen LogP contribution >= 0.6 is 11.3 Å². The van der Waals surface area contributed by atoms with Gasteiger partial charge in [-0.05, 0) is 30.3 Å². The van der Waals surface area contributed by atoms with Gasteiger partial charge in [-0.25, -0.2) is 4.98 Å². The predicted molar refractivity (Wildman–Crippen MR) is 98.8 cm³/mol. The van der Waals surface area contributed by atoms with Crippen molar-refractivity contribution in [3.8, 4) is 28.8 Å². The Bertz CT molecular complexity index is 984. The molecule has 0 N–H and O–H groups in total. The van der Waals surface area contributed by atoms with E-state index in [2.05, 4.69) is 11.1 Å². The smallest absolute Gasteiger partial charge is 0.203 e. The molecule has 2 heterocycles. The van der Waals surface area contributed by atoms with Gasteiger partial charge in [0.25, 0.3) is 0 Å². The molecule has 0 aliphatic rings. The van der Waals surface area contributed by atoms with Crippen LogP contribution in [0.25, 0.3) is 11.3 Å². The van der Waals surface area contributed by atoms with Crippen LogP contribution in [0.3, 0.4) is 0 Å². The van der Waals surface area contributed by atoms with E-state index < -0.39 is 5.92 Å². The number of hydrogen-bond donors (Lipinski definition) is 0. The van der Waals surface area contributed by atoms with Crippen LogP contribution in [-0.2, 0) is 7.05 Å². The summed E-state index contributed by atoms with van der Waals surface area (Å²) in [5.41, 5.74) is 2.00. The number of nitrogens with zero attached hydrogens (tertiary/aromatic N) is 3. The second kappa shape index (κ2) is 7.42. The van der Waals surface area contributed by atoms with Crippen molar-refractivity contribution in [2.24, 2.45) is 7.05 Å². The first-order valence-corrected chi connectivity index (χ1v) is 8.70. The Labute approximate surface area is 155 Å². The first kappa shape index (κ1) is 17.7. The zero-order valence-corrected chi connectivity index (χ0v) is 15.4. The number of thiazole rings is 1. The largest absolute Gasteiger partial charge is 0.493 e. The Hall–Kier alpha value is -3.11. The number of ether oxygens (including phenoxy) is 2. The highest BCUT2D eigenvalue weighted by atomic mass is 32.1. The maximum absolute atomic E-state index is 12.7. The number of nitriles is 1. The van der Waals surface area contributed by atoms with Gasteiger partial charge >= 0.3 is 0 Å². The van der Waals surface area contributed by atoms with Crippen LogP contribution in [0, 0.1) is 11.3 Å². The van der Waals surface area contributed by atoms with Gasteiger partial charge in [0.2, 0.25) is 5.78 Å². The molecule has 0 bridgehead atoms. The van der Waals surface area contributed by atoms with E-state index in [1.165, 1.54) is 11.3 Å². The minimum absolute atomic E-state index is 0.256. The van der Waals surface area contributed by atoms with Crippen LogP contribution in [0.5, 0.6) is 11.5 Å². The number of carbonyl (C=O) groups is 1. The number of hydrogen-bond acceptors (Lipinski definition) is 6. The number of aryl methyl sites for hydroxylation is 1. The molecule has 1 atom stereocenters. The summed E-state index contributed by atoms with van der Waals surface area (Å²) in [7, 11) is 4.92. The Kier molecular flexibility index (Phi) is 5.05. The Morgan fingerprint density at radius 1 is 1.27 bits per heavy atom. The zero-order valence-electron chi connectivity index (χ0n) is 14.6. The lowest BCUT2D eigenvalue weighted by Crippen LogP contribution is -2.14. The second-order valence-electron chi connectivity index (χ2n) is 5.57. The van der Waals surface area contributed by atoms with Crippen LogP contribution in [0.4, 0.5) is 0 Å². The molecule has 0 aliphatic heterocycles. The molecule has 0 fully saturated rings. The molecule has 0 amide bonds. The summed E-state index contributed by atoms with van der Waals surface area (Å²) in [6.07, 6.45) is 1.78. The molecule has 0 saturated carbocycles. The lowest BCUT2D eigenvalue weighted by Gasteiger charge is -2.08. The Balaban J connectivity index is 1.93. The second-order valence-corrected chi connectivity index (χ2v) is 6.46. The molecule has 7 heteroatoms. The van der Waals surface area contributed by atoms with Gasteiger partial charge in [0.05, 0.1) is 31.7 Å². The van der Waals surface area contributed by atoms with Gasteiger partial charge in [0, 0.05) is 24.2 Å². The maximum atomic E-state index is 12.7. The van der Waals surface area contributed by atoms with Crippen LogP contribution in [0.1, 0.15) is 21.4 Å². The maximum Gasteiger partial charge on any atom is 0.203 e. The fraction of sp³-hybridized carbons (Fsp3) is 0.211. The monoisotopic (exact) mass is 367 g/mol. The van der Waals surface area contributed by atoms with E-state index in [4.69, 9.17) is 9.47 Å². The van der Waals surface area contributed by atoms with Crippen molar-refractivity contribution in [1.29, 1.82) is 5.26 Å². The van der Waals surface area contributed by atoms with E-state index >= 15 is 0 Å². The average Bonchev–Trinajstić information content (AvgIpc) is 3.31. The van der Waals surface area contributed by atoms with Crippen molar-refractivity contribution < 1.29 is 14.3 Å². The molecule has 0 aliphatic carbocycles. The zero-order chi connectivity index (χ0) is 18.7. The first-order chi connectivity index (χ1) is 12.6. The van der Waals surface area contributed by atoms with Gasteiger partial charge in [-0.15, -0.1) is 11.3 Å². The SMILES string of the molecule is COc1ccc(-c2csc([C@@H](C#N)C(=O)c3cccn3C)n2)cc1OC. The molecule has 0 spiro atoms. The number of aromatic nitrogens is 2. The summed E-state index contributed by atoms with van der Waals surface area (Å²) in [5, 5.41) is 11.8. The van der Waals surface area contributed by atoms with Crippen molar-refractivity contribution in [2.45, 2.75) is 5.92 Å². The molecule has 1 aromatic carbocycles. The average molecular weight is 367 g/mol. The molecular formula is C19H17N3O3S. The van der Waals surface area contributed by atoms with Crippen LogP contribution < -0.4 is 9.47 Å². The molecule has 0 saturated heterocycles. The van der Waals surface area contributed by atoms with E-state index in [0.29, 0.717) is 27.9 Å². The van der Waals surface area contributed by atoms with Gasteiger partial charge in [0.1, 0.15) is 5.01 Å². The summed E-state index contributed by atoms with van der Waals surface area (Å²) >= 11 is 1.30. The standard InChI is InChI=1S/C19H17N3O3S/c1-22-8-4-5-15(22)18(23)13(10-20)19-21-14(11-26-19)12-6-7-16(24-2)17(9-12)25-3/h4-9,11,13H,1-3H3/t13-/m0/s1. The van der Waals surface area contributed by atoms with E-state index in [1.807, 2.05) is 17.5 Å². The lowest BCUT2D eigenvalue weighted by molar-refractivity contribution is 0.0971. The normalized spacial score (nSPS) is 11.6. The van der Waals surface area contributed by atoms with Crippen LogP contribution in [-0.4, -0.2) is 29.6 Å². The van der Waals surface area contributed by atoms with E-state index in [0.717, 1.165) is 5.56 Å². The van der Waals surface area contributed by atoms with Gasteiger partial charge in [-0.2, -0.15) is 5.26 Å². The number of carbonyl (C=O) groups excluding carboxylic acids is 1. The Morgan fingerprint density at radius 3 is 2.65 bits per heavy atom. The molecule has 132 valence electrons. The third-order valence-electron chi connectivity index (χ3n) is 4.04. The predicted octanol–water partition coefficient (Wildman–Crippen LogP) is 3.66. The van der Waals surface area contributed by atoms with E-state index in [9.17, 15) is 10.1 Å². The minimum atomic E-state index is -0.928. The quantitative estimate of drug-likeness (QED) is 0.622. The van der Waals surface area contributed by atoms with Crippen molar-refractivity contribution >= 4 is 17.1 Å². The number of Topliss-reactive ketones (excluding diaryl/α,β-unsaturated/α-hetero) is 1. The minimum Gasteiger partial charge on any atom is -0.493 e. The molecule has 3 aromatic rings. The molecule has 3 rings (SSSR count). The highest BCUT2D eigenvalue weighted by molar-refractivity contribution is 7.10. The Morgan fingerprint density at radius 2 is 2.04 bits per heavy atom. The topological polar surface area (TPSA) is 77.1 Å². The fourth-order valence-corrected chi connectivity index (χ4v) is 3.51. The highest BCUT2D eigenvalue weighted by Crippen LogP contribution is 2.34. The molecule has 0 unspecified atom stereocenters. The highest BCUT2D eigenvalue weighted by Gasteiger charge is 2.26. The first-order valence-electron chi connectivity index (χ1n) is 7.82. The summed E-state index contributed by atoms with van der Waals surface area (Å²) in [5.74, 6) is 0.0347. The summed E-state index contributed by atoms with van der Waals surface area (Å²) in [4.78, 5) is 17.2. The van der Waals surface area contributed by atoms with Crippen molar-refractivity contribution in [3.63, 3.8) is 0 Å². The van der Waals surface area contributed by atoms with Gasteiger partial charge in [-0.1, -0.05) is 0 Å². The number of ketones is 1. The molecule has 6 nitrogen and oxygen atoms in total. The van der Waals surface area contributed by atoms with Crippen molar-refractivity contribution in [1.82, 2.24) is 9.55 Å². The third kappa shape index (κ3) is 3.19. The molecular weight excluding hydrogens is 350 g/mol. The summed E-state index contributed by atoms with van der Waals surface area (Å²) < 4.78 is 12.3. The van der Waals surface area contributed by atoms with Crippen LogP contribution in [0.15, 0.2) is 41.9 Å².